The second-order valence-corrected chi connectivity index (χ2v) is 4.31. The first-order valence-corrected chi connectivity index (χ1v) is 4.96. The molecule has 0 aliphatic carbocycles. The molecular weight excluding hydrogens is 229 g/mol. The summed E-state index contributed by atoms with van der Waals surface area (Å²) in [6.07, 6.45) is 0. The van der Waals surface area contributed by atoms with Gasteiger partial charge in [-0.15, -0.1) is 0 Å². The predicted molar refractivity (Wildman–Crippen MR) is 58.5 cm³/mol. The quantitative estimate of drug-likeness (QED) is 0.689. The van der Waals surface area contributed by atoms with Crippen molar-refractivity contribution in [2.75, 3.05) is 11.5 Å². The molecule has 0 fully saturated rings. The molecule has 0 saturated heterocycles. The van der Waals surface area contributed by atoms with E-state index in [0.717, 1.165) is 4.70 Å². The van der Waals surface area contributed by atoms with Gasteiger partial charge in [0.25, 0.3) is 0 Å². The topological polar surface area (TPSA) is 64.9 Å². The zero-order valence-corrected chi connectivity index (χ0v) is 8.67. The summed E-state index contributed by atoms with van der Waals surface area (Å²) in [5, 5.41) is 1.38. The van der Waals surface area contributed by atoms with Gasteiger partial charge in [0.1, 0.15) is 5.52 Å². The maximum Gasteiger partial charge on any atom is 0.181 e. The number of hydrogen-bond donors (Lipinski definition) is 2. The van der Waals surface area contributed by atoms with Crippen molar-refractivity contribution >= 4 is 55.6 Å². The van der Waals surface area contributed by atoms with Gasteiger partial charge < -0.3 is 11.5 Å². The Labute approximate surface area is 88.3 Å². The van der Waals surface area contributed by atoms with Gasteiger partial charge in [0, 0.05) is 0 Å². The largest absolute Gasteiger partial charge is 0.397 e. The summed E-state index contributed by atoms with van der Waals surface area (Å²) in [4.78, 5) is 4.04. The average molecular weight is 234 g/mol. The number of anilines is 2. The minimum atomic E-state index is 0.435. The van der Waals surface area contributed by atoms with Crippen LogP contribution in [0, 0.1) is 0 Å². The number of fused-ring (bicyclic) bond motifs is 1. The summed E-state index contributed by atoms with van der Waals surface area (Å²) < 4.78 is 0.740. The van der Waals surface area contributed by atoms with Gasteiger partial charge in [-0.05, 0) is 6.07 Å². The van der Waals surface area contributed by atoms with Crippen LogP contribution in [0.3, 0.4) is 0 Å². The van der Waals surface area contributed by atoms with Crippen LogP contribution in [0.15, 0.2) is 6.07 Å². The molecule has 0 aliphatic heterocycles. The lowest BCUT2D eigenvalue weighted by atomic mass is 10.3. The molecule has 68 valence electrons. The molecule has 0 spiro atoms. The molecule has 0 amide bonds. The standard InChI is InChI=1S/C7H5Cl2N3S/c8-2-1-3(10)4(9)6-5(2)12-7(11)13-6/h1H,10H2,(H2,11,12). The fourth-order valence-corrected chi connectivity index (χ4v) is 2.42. The molecule has 6 heteroatoms. The predicted octanol–water partition coefficient (Wildman–Crippen LogP) is 2.77. The summed E-state index contributed by atoms with van der Waals surface area (Å²) in [7, 11) is 0. The van der Waals surface area contributed by atoms with E-state index in [1.165, 1.54) is 11.3 Å². The number of halogens is 2. The molecule has 1 aromatic carbocycles. The SMILES string of the molecule is Nc1nc2c(Cl)cc(N)c(Cl)c2s1. The lowest BCUT2D eigenvalue weighted by molar-refractivity contribution is 1.50. The normalized spacial score (nSPS) is 10.9. The van der Waals surface area contributed by atoms with Crippen LogP contribution in [0.25, 0.3) is 10.2 Å². The number of rotatable bonds is 0. The van der Waals surface area contributed by atoms with Crippen LogP contribution in [0.5, 0.6) is 0 Å². The molecule has 13 heavy (non-hydrogen) atoms. The molecule has 1 heterocycles. The van der Waals surface area contributed by atoms with Gasteiger partial charge in [0.15, 0.2) is 5.13 Å². The number of hydrogen-bond acceptors (Lipinski definition) is 4. The van der Waals surface area contributed by atoms with Crippen molar-refractivity contribution in [1.82, 2.24) is 4.98 Å². The first-order valence-electron chi connectivity index (χ1n) is 3.39. The number of nitrogen functional groups attached to an aromatic ring is 2. The van der Waals surface area contributed by atoms with E-state index in [-0.39, 0.29) is 0 Å². The Morgan fingerprint density at radius 2 is 2.00 bits per heavy atom. The van der Waals surface area contributed by atoms with Crippen molar-refractivity contribution in [2.24, 2.45) is 0 Å². The van der Waals surface area contributed by atoms with E-state index < -0.39 is 0 Å². The molecule has 2 aromatic rings. The number of thiazole rings is 1. The van der Waals surface area contributed by atoms with Gasteiger partial charge in [-0.1, -0.05) is 34.5 Å². The smallest absolute Gasteiger partial charge is 0.181 e. The van der Waals surface area contributed by atoms with Gasteiger partial charge in [0.2, 0.25) is 0 Å². The molecular formula is C7H5Cl2N3S. The molecule has 0 aliphatic rings. The van der Waals surface area contributed by atoms with Gasteiger partial charge in [-0.25, -0.2) is 4.98 Å². The fourth-order valence-electron chi connectivity index (χ4n) is 1.05. The van der Waals surface area contributed by atoms with Gasteiger partial charge in [-0.3, -0.25) is 0 Å². The molecule has 2 rings (SSSR count). The third kappa shape index (κ3) is 1.31. The van der Waals surface area contributed by atoms with E-state index >= 15 is 0 Å². The van der Waals surface area contributed by atoms with Crippen molar-refractivity contribution in [3.8, 4) is 0 Å². The van der Waals surface area contributed by atoms with E-state index in [9.17, 15) is 0 Å². The molecule has 0 radical (unpaired) electrons. The summed E-state index contributed by atoms with van der Waals surface area (Å²) >= 11 is 13.1. The van der Waals surface area contributed by atoms with Crippen LogP contribution in [0.4, 0.5) is 10.8 Å². The fraction of sp³-hybridized carbons (Fsp3) is 0. The van der Waals surface area contributed by atoms with Crippen LogP contribution in [0.1, 0.15) is 0 Å². The highest BCUT2D eigenvalue weighted by Gasteiger charge is 2.11. The summed E-state index contributed by atoms with van der Waals surface area (Å²) in [6, 6.07) is 1.57. The van der Waals surface area contributed by atoms with Gasteiger partial charge in [0.05, 0.1) is 20.4 Å². The second-order valence-electron chi connectivity index (χ2n) is 2.49. The van der Waals surface area contributed by atoms with Crippen molar-refractivity contribution < 1.29 is 0 Å². The van der Waals surface area contributed by atoms with Crippen LogP contribution in [-0.2, 0) is 0 Å². The van der Waals surface area contributed by atoms with E-state index in [1.807, 2.05) is 0 Å². The third-order valence-corrected chi connectivity index (χ3v) is 3.31. The highest BCUT2D eigenvalue weighted by molar-refractivity contribution is 7.22. The second kappa shape index (κ2) is 2.90. The van der Waals surface area contributed by atoms with Crippen LogP contribution in [-0.4, -0.2) is 4.98 Å². The zero-order chi connectivity index (χ0) is 9.59. The number of aromatic nitrogens is 1. The Balaban J connectivity index is 2.95. The van der Waals surface area contributed by atoms with E-state index in [2.05, 4.69) is 4.98 Å². The molecule has 0 unspecified atom stereocenters. The first kappa shape index (κ1) is 8.87. The molecule has 0 saturated carbocycles. The monoisotopic (exact) mass is 233 g/mol. The maximum atomic E-state index is 5.94. The molecule has 1 aromatic heterocycles. The van der Waals surface area contributed by atoms with Crippen LogP contribution in [0.2, 0.25) is 10.0 Å². The van der Waals surface area contributed by atoms with Gasteiger partial charge >= 0.3 is 0 Å². The van der Waals surface area contributed by atoms with Crippen molar-refractivity contribution in [3.05, 3.63) is 16.1 Å². The summed E-state index contributed by atoms with van der Waals surface area (Å²) in [6.45, 7) is 0. The van der Waals surface area contributed by atoms with Crippen LogP contribution >= 0.6 is 34.5 Å². The van der Waals surface area contributed by atoms with E-state index in [0.29, 0.717) is 26.4 Å². The number of benzene rings is 1. The molecule has 4 N–H and O–H groups in total. The lowest BCUT2D eigenvalue weighted by Gasteiger charge is -1.99. The minimum Gasteiger partial charge on any atom is -0.397 e. The highest BCUT2D eigenvalue weighted by Crippen LogP contribution is 2.38. The number of nitrogens with zero attached hydrogens (tertiary/aromatic N) is 1. The Morgan fingerprint density at radius 1 is 1.31 bits per heavy atom. The Morgan fingerprint density at radius 3 is 2.69 bits per heavy atom. The Kier molecular flexibility index (Phi) is 1.98. The van der Waals surface area contributed by atoms with Crippen LogP contribution < -0.4 is 11.5 Å². The third-order valence-electron chi connectivity index (χ3n) is 1.60. The van der Waals surface area contributed by atoms with Crippen molar-refractivity contribution in [3.63, 3.8) is 0 Å². The maximum absolute atomic E-state index is 5.94. The highest BCUT2D eigenvalue weighted by atomic mass is 35.5. The molecule has 0 bridgehead atoms. The molecule has 3 nitrogen and oxygen atoms in total. The summed E-state index contributed by atoms with van der Waals surface area (Å²) in [5.74, 6) is 0. The summed E-state index contributed by atoms with van der Waals surface area (Å²) in [5.41, 5.74) is 12.2. The first-order chi connectivity index (χ1) is 6.09. The molecule has 0 atom stereocenters. The van der Waals surface area contributed by atoms with E-state index in [1.54, 1.807) is 6.07 Å². The lowest BCUT2D eigenvalue weighted by Crippen LogP contribution is -1.86. The Hall–Kier alpha value is -0.710. The zero-order valence-electron chi connectivity index (χ0n) is 6.34. The Bertz CT molecular complexity index is 480. The van der Waals surface area contributed by atoms with Gasteiger partial charge in [-0.2, -0.15) is 0 Å². The van der Waals surface area contributed by atoms with E-state index in [4.69, 9.17) is 34.7 Å². The van der Waals surface area contributed by atoms with Crippen molar-refractivity contribution in [1.29, 1.82) is 0 Å². The number of nitrogens with two attached hydrogens (primary N) is 2. The minimum absolute atomic E-state index is 0.435. The van der Waals surface area contributed by atoms with Crippen molar-refractivity contribution in [2.45, 2.75) is 0 Å². The average Bonchev–Trinajstić information content (AvgIpc) is 2.44.